The molecule has 16 heavy (non-hydrogen) atoms. The van der Waals surface area contributed by atoms with Gasteiger partial charge in [-0.2, -0.15) is 0 Å². The zero-order chi connectivity index (χ0) is 11.7. The molecule has 0 saturated heterocycles. The summed E-state index contributed by atoms with van der Waals surface area (Å²) in [7, 11) is 0. The van der Waals surface area contributed by atoms with Crippen molar-refractivity contribution in [3.8, 4) is 11.3 Å². The van der Waals surface area contributed by atoms with E-state index >= 15 is 0 Å². The van der Waals surface area contributed by atoms with Gasteiger partial charge in [-0.1, -0.05) is 35.1 Å². The first-order valence-electron chi connectivity index (χ1n) is 4.23. The normalized spacial score (nSPS) is 10.4. The molecule has 0 atom stereocenters. The summed E-state index contributed by atoms with van der Waals surface area (Å²) >= 11 is 10.2. The highest BCUT2D eigenvalue weighted by atomic mass is 79.9. The third kappa shape index (κ3) is 2.26. The summed E-state index contributed by atoms with van der Waals surface area (Å²) in [6.45, 7) is 0. The standard InChI is InChI=1S/C10H5BrClNO2S/c11-8-7(13-9(16-8)10(14)15)5-2-1-3-6(12)4-5/h1-4H,(H,14,15). The lowest BCUT2D eigenvalue weighted by molar-refractivity contribution is 0.0696. The molecule has 2 rings (SSSR count). The molecular weight excluding hydrogens is 314 g/mol. The zero-order valence-electron chi connectivity index (χ0n) is 7.78. The Morgan fingerprint density at radius 2 is 2.25 bits per heavy atom. The van der Waals surface area contributed by atoms with E-state index in [1.165, 1.54) is 0 Å². The second-order valence-corrected chi connectivity index (χ2v) is 5.71. The van der Waals surface area contributed by atoms with E-state index < -0.39 is 5.97 Å². The van der Waals surface area contributed by atoms with Crippen molar-refractivity contribution in [2.24, 2.45) is 0 Å². The Labute approximate surface area is 109 Å². The molecule has 0 fully saturated rings. The van der Waals surface area contributed by atoms with Gasteiger partial charge in [-0.3, -0.25) is 0 Å². The number of hydrogen-bond donors (Lipinski definition) is 1. The Morgan fingerprint density at radius 1 is 1.50 bits per heavy atom. The van der Waals surface area contributed by atoms with E-state index in [1.54, 1.807) is 18.2 Å². The van der Waals surface area contributed by atoms with E-state index in [4.69, 9.17) is 16.7 Å². The molecule has 6 heteroatoms. The lowest BCUT2D eigenvalue weighted by Crippen LogP contribution is -1.94. The molecule has 1 aromatic carbocycles. The van der Waals surface area contributed by atoms with E-state index in [1.807, 2.05) is 6.07 Å². The van der Waals surface area contributed by atoms with Crippen LogP contribution in [0.25, 0.3) is 11.3 Å². The molecule has 0 spiro atoms. The van der Waals surface area contributed by atoms with Gasteiger partial charge in [0.1, 0.15) is 0 Å². The molecule has 0 bridgehead atoms. The fraction of sp³-hybridized carbons (Fsp3) is 0. The van der Waals surface area contributed by atoms with Crippen LogP contribution in [0.3, 0.4) is 0 Å². The summed E-state index contributed by atoms with van der Waals surface area (Å²) in [5, 5.41) is 9.47. The number of carboxylic acid groups (broad SMARTS) is 1. The summed E-state index contributed by atoms with van der Waals surface area (Å²) in [5.41, 5.74) is 1.40. The van der Waals surface area contributed by atoms with Gasteiger partial charge in [0.15, 0.2) is 0 Å². The van der Waals surface area contributed by atoms with Crippen molar-refractivity contribution in [1.29, 1.82) is 0 Å². The Balaban J connectivity index is 2.52. The van der Waals surface area contributed by atoms with Gasteiger partial charge in [-0.25, -0.2) is 9.78 Å². The van der Waals surface area contributed by atoms with Crippen LogP contribution in [0.5, 0.6) is 0 Å². The highest BCUT2D eigenvalue weighted by Crippen LogP contribution is 2.33. The Hall–Kier alpha value is -0.910. The van der Waals surface area contributed by atoms with Gasteiger partial charge >= 0.3 is 5.97 Å². The number of carbonyl (C=O) groups is 1. The number of hydrogen-bond acceptors (Lipinski definition) is 3. The average molecular weight is 319 g/mol. The van der Waals surface area contributed by atoms with Gasteiger partial charge in [0, 0.05) is 10.6 Å². The van der Waals surface area contributed by atoms with Crippen LogP contribution < -0.4 is 0 Å². The van der Waals surface area contributed by atoms with E-state index in [9.17, 15) is 4.79 Å². The van der Waals surface area contributed by atoms with Crippen molar-refractivity contribution in [3.05, 3.63) is 38.1 Å². The van der Waals surface area contributed by atoms with Gasteiger partial charge in [0.05, 0.1) is 9.48 Å². The first-order valence-corrected chi connectivity index (χ1v) is 6.22. The lowest BCUT2D eigenvalue weighted by atomic mass is 10.2. The van der Waals surface area contributed by atoms with Gasteiger partial charge in [-0.15, -0.1) is 0 Å². The largest absolute Gasteiger partial charge is 0.476 e. The summed E-state index contributed by atoms with van der Waals surface area (Å²) in [4.78, 5) is 14.8. The Kier molecular flexibility index (Phi) is 3.28. The third-order valence-electron chi connectivity index (χ3n) is 1.87. The molecule has 0 aliphatic heterocycles. The molecule has 2 aromatic rings. The topological polar surface area (TPSA) is 50.2 Å². The monoisotopic (exact) mass is 317 g/mol. The molecule has 82 valence electrons. The fourth-order valence-corrected chi connectivity index (χ4v) is 2.83. The minimum absolute atomic E-state index is 0.0573. The summed E-state index contributed by atoms with van der Waals surface area (Å²) in [6.07, 6.45) is 0. The second kappa shape index (κ2) is 4.53. The molecule has 0 aliphatic rings. The first-order chi connectivity index (χ1) is 7.58. The van der Waals surface area contributed by atoms with Gasteiger partial charge in [0.25, 0.3) is 0 Å². The third-order valence-corrected chi connectivity index (χ3v) is 3.79. The number of nitrogens with zero attached hydrogens (tertiary/aromatic N) is 1. The number of aromatic carboxylic acids is 1. The molecule has 1 heterocycles. The highest BCUT2D eigenvalue weighted by molar-refractivity contribution is 9.11. The predicted molar refractivity (Wildman–Crippen MR) is 67.2 cm³/mol. The zero-order valence-corrected chi connectivity index (χ0v) is 10.9. The van der Waals surface area contributed by atoms with E-state index in [2.05, 4.69) is 20.9 Å². The van der Waals surface area contributed by atoms with Crippen LogP contribution in [-0.4, -0.2) is 16.1 Å². The van der Waals surface area contributed by atoms with Crippen molar-refractivity contribution < 1.29 is 9.90 Å². The number of aromatic nitrogens is 1. The number of rotatable bonds is 2. The molecule has 0 amide bonds. The molecule has 0 radical (unpaired) electrons. The lowest BCUT2D eigenvalue weighted by Gasteiger charge is -1.97. The number of carboxylic acids is 1. The van der Waals surface area contributed by atoms with Gasteiger partial charge < -0.3 is 5.11 Å². The molecule has 0 aliphatic carbocycles. The van der Waals surface area contributed by atoms with Gasteiger partial charge in [-0.05, 0) is 28.1 Å². The Bertz CT molecular complexity index is 556. The second-order valence-electron chi connectivity index (χ2n) is 2.96. The van der Waals surface area contributed by atoms with Crippen molar-refractivity contribution in [3.63, 3.8) is 0 Å². The first kappa shape index (κ1) is 11.6. The van der Waals surface area contributed by atoms with Crippen molar-refractivity contribution in [2.45, 2.75) is 0 Å². The van der Waals surface area contributed by atoms with Crippen LogP contribution in [0, 0.1) is 0 Å². The smallest absolute Gasteiger partial charge is 0.365 e. The van der Waals surface area contributed by atoms with Crippen LogP contribution in [-0.2, 0) is 0 Å². The fourth-order valence-electron chi connectivity index (χ4n) is 1.21. The predicted octanol–water partition coefficient (Wildman–Crippen LogP) is 3.92. The van der Waals surface area contributed by atoms with E-state index in [0.717, 1.165) is 16.9 Å². The van der Waals surface area contributed by atoms with Crippen molar-refractivity contribution >= 4 is 44.8 Å². The van der Waals surface area contributed by atoms with Crippen LogP contribution in [0.1, 0.15) is 9.80 Å². The average Bonchev–Trinajstić information content (AvgIpc) is 2.60. The number of halogens is 2. The number of benzene rings is 1. The number of thiazole rings is 1. The van der Waals surface area contributed by atoms with Crippen LogP contribution in [0.2, 0.25) is 5.02 Å². The minimum Gasteiger partial charge on any atom is -0.476 e. The molecule has 3 nitrogen and oxygen atoms in total. The van der Waals surface area contributed by atoms with Crippen molar-refractivity contribution in [2.75, 3.05) is 0 Å². The molecule has 0 unspecified atom stereocenters. The maximum Gasteiger partial charge on any atom is 0.365 e. The summed E-state index contributed by atoms with van der Waals surface area (Å²) in [5.74, 6) is -1.03. The van der Waals surface area contributed by atoms with Crippen LogP contribution in [0.4, 0.5) is 0 Å². The summed E-state index contributed by atoms with van der Waals surface area (Å²) < 4.78 is 0.687. The molecule has 1 aromatic heterocycles. The maximum absolute atomic E-state index is 10.8. The minimum atomic E-state index is -1.03. The Morgan fingerprint density at radius 3 is 2.81 bits per heavy atom. The van der Waals surface area contributed by atoms with E-state index in [-0.39, 0.29) is 5.01 Å². The maximum atomic E-state index is 10.8. The quantitative estimate of drug-likeness (QED) is 0.913. The SMILES string of the molecule is O=C(O)c1nc(-c2cccc(Cl)c2)c(Br)s1. The van der Waals surface area contributed by atoms with Crippen LogP contribution in [0.15, 0.2) is 28.1 Å². The van der Waals surface area contributed by atoms with Crippen LogP contribution >= 0.6 is 38.9 Å². The highest BCUT2D eigenvalue weighted by Gasteiger charge is 2.15. The molecular formula is C10H5BrClNO2S. The van der Waals surface area contributed by atoms with E-state index in [0.29, 0.717) is 14.5 Å². The molecule has 0 saturated carbocycles. The summed E-state index contributed by atoms with van der Waals surface area (Å²) in [6, 6.07) is 7.12. The van der Waals surface area contributed by atoms with Crippen molar-refractivity contribution in [1.82, 2.24) is 4.98 Å². The molecule has 1 N–H and O–H groups in total. The van der Waals surface area contributed by atoms with Gasteiger partial charge in [0.2, 0.25) is 5.01 Å².